The minimum atomic E-state index is -4.99. The lowest BCUT2D eigenvalue weighted by Crippen LogP contribution is -2.59. The summed E-state index contributed by atoms with van der Waals surface area (Å²) in [6, 6.07) is 6.93. The maximum Gasteiger partial charge on any atom is 0.432 e. The number of carbonyl (C=O) groups excluding carboxylic acids is 1. The molecule has 32 heavy (non-hydrogen) atoms. The van der Waals surface area contributed by atoms with Crippen molar-refractivity contribution >= 4 is 5.97 Å². The Bertz CT molecular complexity index is 962. The van der Waals surface area contributed by atoms with Crippen LogP contribution in [0.2, 0.25) is 0 Å². The van der Waals surface area contributed by atoms with Crippen LogP contribution in [-0.2, 0) is 19.9 Å². The van der Waals surface area contributed by atoms with Crippen LogP contribution in [-0.4, -0.2) is 36.6 Å². The fourth-order valence-electron chi connectivity index (χ4n) is 9.01. The fraction of sp³-hybridized carbons (Fsp3) is 0.720. The fourth-order valence-corrected chi connectivity index (χ4v) is 9.01. The number of rotatable bonds is 4. The minimum absolute atomic E-state index is 0.128. The molecule has 5 aliphatic carbocycles. The Balaban J connectivity index is 1.48. The van der Waals surface area contributed by atoms with Gasteiger partial charge in [0, 0.05) is 23.5 Å². The number of hydrogen-bond donors (Lipinski definition) is 1. The van der Waals surface area contributed by atoms with Gasteiger partial charge >= 0.3 is 12.1 Å². The van der Waals surface area contributed by atoms with Crippen LogP contribution in [0.15, 0.2) is 30.3 Å². The van der Waals surface area contributed by atoms with Crippen LogP contribution in [0.1, 0.15) is 52.5 Å². The first-order valence-corrected chi connectivity index (χ1v) is 11.3. The molecule has 176 valence electrons. The van der Waals surface area contributed by atoms with Crippen LogP contribution in [0.4, 0.5) is 13.2 Å². The molecule has 1 spiro atoms. The Morgan fingerprint density at radius 2 is 1.69 bits per heavy atom. The highest BCUT2D eigenvalue weighted by atomic mass is 19.4. The van der Waals surface area contributed by atoms with Gasteiger partial charge in [-0.2, -0.15) is 13.2 Å². The zero-order valence-electron chi connectivity index (χ0n) is 19.1. The average molecular weight is 453 g/mol. The number of methoxy groups -OCH3 is 1. The lowest BCUT2D eigenvalue weighted by molar-refractivity contribution is -0.281. The standard InChI is InChI=1S/C25H31F3O4/c1-20(2)11-15(12-21(3)17-16-13-23(20,21)18(29)22(16,17)4)32-19(30)24(31-5,25(26,27)28)14-9-7-6-8-10-14/h6-10,15-18,29H,11-13H2,1-5H3/t15-,16?,17-,18+,21-,22?,23-,24+/m1/s1. The van der Waals surface area contributed by atoms with E-state index in [0.29, 0.717) is 24.7 Å². The van der Waals surface area contributed by atoms with Crippen LogP contribution in [0.25, 0.3) is 0 Å². The van der Waals surface area contributed by atoms with Gasteiger partial charge in [-0.25, -0.2) is 4.79 Å². The molecule has 5 fully saturated rings. The molecule has 1 aromatic carbocycles. The van der Waals surface area contributed by atoms with Gasteiger partial charge in [-0.15, -0.1) is 0 Å². The number of ether oxygens (including phenoxy) is 2. The molecule has 5 saturated carbocycles. The number of aliphatic hydroxyl groups is 1. The van der Waals surface area contributed by atoms with Gasteiger partial charge in [0.05, 0.1) is 6.10 Å². The quantitative estimate of drug-likeness (QED) is 0.664. The smallest absolute Gasteiger partial charge is 0.432 e. The molecule has 0 amide bonds. The number of halogens is 3. The Labute approximate surface area is 186 Å². The van der Waals surface area contributed by atoms with Gasteiger partial charge in [0.1, 0.15) is 6.10 Å². The van der Waals surface area contributed by atoms with Gasteiger partial charge in [0.25, 0.3) is 5.60 Å². The summed E-state index contributed by atoms with van der Waals surface area (Å²) in [5.74, 6) is -0.674. The molecule has 8 atom stereocenters. The molecule has 6 rings (SSSR count). The number of carbonyl (C=O) groups is 1. The molecule has 5 aliphatic rings. The summed E-state index contributed by atoms with van der Waals surface area (Å²) in [6.45, 7) is 8.41. The van der Waals surface area contributed by atoms with E-state index in [4.69, 9.17) is 9.47 Å². The minimum Gasteiger partial charge on any atom is -0.460 e. The summed E-state index contributed by atoms with van der Waals surface area (Å²) < 4.78 is 53.4. The molecule has 0 saturated heterocycles. The van der Waals surface area contributed by atoms with Crippen molar-refractivity contribution in [3.63, 3.8) is 0 Å². The van der Waals surface area contributed by atoms with E-state index in [2.05, 4.69) is 27.7 Å². The Morgan fingerprint density at radius 3 is 2.19 bits per heavy atom. The van der Waals surface area contributed by atoms with Crippen molar-refractivity contribution < 1.29 is 32.5 Å². The number of alkyl halides is 3. The van der Waals surface area contributed by atoms with Gasteiger partial charge in [-0.3, -0.25) is 0 Å². The van der Waals surface area contributed by atoms with Crippen molar-refractivity contribution in [2.24, 2.45) is 33.5 Å². The van der Waals surface area contributed by atoms with E-state index in [1.165, 1.54) is 24.3 Å². The molecular weight excluding hydrogens is 421 g/mol. The molecule has 7 heteroatoms. The molecular formula is C25H31F3O4. The molecule has 0 heterocycles. The molecule has 0 radical (unpaired) electrons. The second-order valence-electron chi connectivity index (χ2n) is 11.5. The molecule has 4 nitrogen and oxygen atoms in total. The van der Waals surface area contributed by atoms with Gasteiger partial charge in [-0.05, 0) is 41.9 Å². The third-order valence-electron chi connectivity index (χ3n) is 10.1. The van der Waals surface area contributed by atoms with Crippen LogP contribution in [0.5, 0.6) is 0 Å². The first-order chi connectivity index (χ1) is 14.7. The van der Waals surface area contributed by atoms with E-state index >= 15 is 0 Å². The number of hydrogen-bond acceptors (Lipinski definition) is 4. The Morgan fingerprint density at radius 1 is 1.06 bits per heavy atom. The van der Waals surface area contributed by atoms with Crippen molar-refractivity contribution in [1.29, 1.82) is 0 Å². The number of benzene rings is 1. The molecule has 0 aromatic heterocycles. The number of aliphatic hydroxyl groups excluding tert-OH is 1. The Kier molecular flexibility index (Phi) is 4.23. The summed E-state index contributed by atoms with van der Waals surface area (Å²) in [5, 5.41) is 11.3. The van der Waals surface area contributed by atoms with Crippen molar-refractivity contribution in [1.82, 2.24) is 0 Å². The van der Waals surface area contributed by atoms with Crippen LogP contribution < -0.4 is 0 Å². The van der Waals surface area contributed by atoms with E-state index < -0.39 is 30.0 Å². The zero-order valence-corrected chi connectivity index (χ0v) is 19.1. The van der Waals surface area contributed by atoms with Gasteiger partial charge in [0.15, 0.2) is 0 Å². The average Bonchev–Trinajstić information content (AvgIpc) is 2.98. The van der Waals surface area contributed by atoms with Crippen molar-refractivity contribution in [2.75, 3.05) is 7.11 Å². The van der Waals surface area contributed by atoms with E-state index in [-0.39, 0.29) is 27.2 Å². The van der Waals surface area contributed by atoms with E-state index in [9.17, 15) is 23.1 Å². The number of esters is 1. The van der Waals surface area contributed by atoms with Gasteiger partial charge in [-0.1, -0.05) is 58.0 Å². The predicted octanol–water partition coefficient (Wildman–Crippen LogP) is 4.85. The highest BCUT2D eigenvalue weighted by Gasteiger charge is 2.93. The Hall–Kier alpha value is -1.60. The topological polar surface area (TPSA) is 55.8 Å². The zero-order chi connectivity index (χ0) is 23.5. The summed E-state index contributed by atoms with van der Waals surface area (Å²) in [6.07, 6.45) is -4.29. The van der Waals surface area contributed by atoms with Crippen molar-refractivity contribution in [3.8, 4) is 0 Å². The molecule has 2 unspecified atom stereocenters. The SMILES string of the molecule is CO[C@](C(=O)O[C@@H]1CC(C)(C)[C@@]23CC4[C@@H](C4(C)[C@@H]2O)[C@@]3(C)C1)(c1ccccc1)C(F)(F)F. The second kappa shape index (κ2) is 6.09. The third-order valence-corrected chi connectivity index (χ3v) is 10.1. The summed E-state index contributed by atoms with van der Waals surface area (Å²) in [7, 11) is 0.890. The largest absolute Gasteiger partial charge is 0.460 e. The van der Waals surface area contributed by atoms with Crippen LogP contribution >= 0.6 is 0 Å². The normalized spacial score (nSPS) is 45.2. The maximum atomic E-state index is 14.3. The van der Waals surface area contributed by atoms with Gasteiger partial charge < -0.3 is 14.6 Å². The molecule has 1 aromatic rings. The van der Waals surface area contributed by atoms with E-state index in [1.54, 1.807) is 6.07 Å². The molecule has 0 aliphatic heterocycles. The monoisotopic (exact) mass is 452 g/mol. The summed E-state index contributed by atoms with van der Waals surface area (Å²) in [5.41, 5.74) is -4.57. The highest BCUT2D eigenvalue weighted by Crippen LogP contribution is 2.94. The van der Waals surface area contributed by atoms with Crippen molar-refractivity contribution in [3.05, 3.63) is 35.9 Å². The van der Waals surface area contributed by atoms with Crippen LogP contribution in [0, 0.1) is 33.5 Å². The van der Waals surface area contributed by atoms with E-state index in [0.717, 1.165) is 13.5 Å². The van der Waals surface area contributed by atoms with E-state index in [1.807, 2.05) is 0 Å². The molecule has 4 bridgehead atoms. The second-order valence-corrected chi connectivity index (χ2v) is 11.5. The van der Waals surface area contributed by atoms with Crippen LogP contribution in [0.3, 0.4) is 0 Å². The maximum absolute atomic E-state index is 14.3. The third kappa shape index (κ3) is 2.16. The van der Waals surface area contributed by atoms with Crippen molar-refractivity contribution in [2.45, 2.75) is 70.9 Å². The lowest BCUT2D eigenvalue weighted by atomic mass is 9.47. The highest BCUT2D eigenvalue weighted by molar-refractivity contribution is 5.83. The van der Waals surface area contributed by atoms with Gasteiger partial charge in [0.2, 0.25) is 0 Å². The molecule has 1 N–H and O–H groups in total. The predicted molar refractivity (Wildman–Crippen MR) is 110 cm³/mol. The first-order valence-electron chi connectivity index (χ1n) is 11.3. The summed E-state index contributed by atoms with van der Waals surface area (Å²) in [4.78, 5) is 13.2. The lowest BCUT2D eigenvalue weighted by Gasteiger charge is -2.58. The first kappa shape index (κ1) is 22.2. The summed E-state index contributed by atoms with van der Waals surface area (Å²) >= 11 is 0.